The lowest BCUT2D eigenvalue weighted by Crippen LogP contribution is -1.92. The van der Waals surface area contributed by atoms with Crippen molar-refractivity contribution in [3.05, 3.63) is 57.1 Å². The van der Waals surface area contributed by atoms with E-state index >= 15 is 0 Å². The number of halogens is 2. The Labute approximate surface area is 116 Å². The molecule has 0 fully saturated rings. The molecule has 92 valence electrons. The summed E-state index contributed by atoms with van der Waals surface area (Å²) >= 11 is 12.3. The molecular formula is C15H12Cl2O. The van der Waals surface area contributed by atoms with E-state index in [4.69, 9.17) is 23.2 Å². The molecule has 0 atom stereocenters. The second-order valence-corrected chi connectivity index (χ2v) is 5.03. The molecule has 0 radical (unpaired) electrons. The Morgan fingerprint density at radius 1 is 1.00 bits per heavy atom. The zero-order valence-electron chi connectivity index (χ0n) is 10.1. The number of rotatable bonds is 2. The average Bonchev–Trinajstić information content (AvgIpc) is 2.35. The molecule has 0 spiro atoms. The van der Waals surface area contributed by atoms with Crippen LogP contribution in [0.5, 0.6) is 0 Å². The predicted octanol–water partition coefficient (Wildman–Crippen LogP) is 5.09. The normalized spacial score (nSPS) is 10.4. The number of aldehydes is 1. The Kier molecular flexibility index (Phi) is 3.74. The first-order chi connectivity index (χ1) is 8.54. The van der Waals surface area contributed by atoms with Gasteiger partial charge in [0.1, 0.15) is 6.29 Å². The molecule has 0 saturated carbocycles. The molecular weight excluding hydrogens is 267 g/mol. The van der Waals surface area contributed by atoms with Crippen molar-refractivity contribution >= 4 is 29.5 Å². The summed E-state index contributed by atoms with van der Waals surface area (Å²) in [5.74, 6) is 0. The molecule has 0 N–H and O–H groups in total. The van der Waals surface area contributed by atoms with Gasteiger partial charge < -0.3 is 0 Å². The van der Waals surface area contributed by atoms with Gasteiger partial charge in [0.25, 0.3) is 0 Å². The lowest BCUT2D eigenvalue weighted by Gasteiger charge is -2.11. The second-order valence-electron chi connectivity index (χ2n) is 4.24. The molecule has 0 aromatic heterocycles. The number of carbonyl (C=O) groups excluding carboxylic acids is 1. The summed E-state index contributed by atoms with van der Waals surface area (Å²) in [6, 6.07) is 9.39. The molecule has 2 rings (SSSR count). The minimum Gasteiger partial charge on any atom is -0.298 e. The molecule has 3 heteroatoms. The number of aryl methyl sites for hydroxylation is 2. The molecule has 0 aliphatic rings. The van der Waals surface area contributed by atoms with Gasteiger partial charge in [0, 0.05) is 11.1 Å². The highest BCUT2D eigenvalue weighted by molar-refractivity contribution is 6.43. The van der Waals surface area contributed by atoms with Crippen LogP contribution in [-0.4, -0.2) is 6.29 Å². The van der Waals surface area contributed by atoms with Crippen LogP contribution in [-0.2, 0) is 0 Å². The maximum Gasteiger partial charge on any atom is 0.150 e. The van der Waals surface area contributed by atoms with Crippen LogP contribution in [0.2, 0.25) is 10.0 Å². The van der Waals surface area contributed by atoms with Gasteiger partial charge in [-0.2, -0.15) is 0 Å². The molecule has 0 bridgehead atoms. The van der Waals surface area contributed by atoms with E-state index < -0.39 is 0 Å². The first kappa shape index (κ1) is 13.1. The summed E-state index contributed by atoms with van der Waals surface area (Å²) in [6.07, 6.45) is 0.867. The largest absolute Gasteiger partial charge is 0.298 e. The van der Waals surface area contributed by atoms with E-state index in [1.165, 1.54) is 0 Å². The molecule has 0 aliphatic heterocycles. The van der Waals surface area contributed by atoms with Gasteiger partial charge in [0.2, 0.25) is 0 Å². The summed E-state index contributed by atoms with van der Waals surface area (Å²) in [6.45, 7) is 3.87. The molecule has 0 saturated heterocycles. The Morgan fingerprint density at radius 2 is 1.72 bits per heavy atom. The highest BCUT2D eigenvalue weighted by atomic mass is 35.5. The van der Waals surface area contributed by atoms with E-state index in [-0.39, 0.29) is 0 Å². The Balaban J connectivity index is 2.68. The van der Waals surface area contributed by atoms with Gasteiger partial charge in [-0.3, -0.25) is 4.79 Å². The first-order valence-electron chi connectivity index (χ1n) is 5.55. The number of hydrogen-bond acceptors (Lipinski definition) is 1. The van der Waals surface area contributed by atoms with Gasteiger partial charge in [-0.25, -0.2) is 0 Å². The highest BCUT2D eigenvalue weighted by Gasteiger charge is 2.11. The molecule has 0 unspecified atom stereocenters. The second kappa shape index (κ2) is 5.13. The average molecular weight is 279 g/mol. The van der Waals surface area contributed by atoms with E-state index in [2.05, 4.69) is 0 Å². The van der Waals surface area contributed by atoms with Gasteiger partial charge >= 0.3 is 0 Å². The van der Waals surface area contributed by atoms with E-state index in [0.29, 0.717) is 15.6 Å². The van der Waals surface area contributed by atoms with Crippen LogP contribution in [0.3, 0.4) is 0 Å². The van der Waals surface area contributed by atoms with Crippen LogP contribution in [0.1, 0.15) is 21.5 Å². The maximum absolute atomic E-state index is 10.9. The minimum atomic E-state index is 0.533. The third-order valence-corrected chi connectivity index (χ3v) is 3.80. The fraction of sp³-hybridized carbons (Fsp3) is 0.133. The van der Waals surface area contributed by atoms with Crippen molar-refractivity contribution in [2.24, 2.45) is 0 Å². The maximum atomic E-state index is 10.9. The van der Waals surface area contributed by atoms with Crippen molar-refractivity contribution in [3.8, 4) is 11.1 Å². The van der Waals surface area contributed by atoms with Gasteiger partial charge in [-0.1, -0.05) is 41.4 Å². The van der Waals surface area contributed by atoms with Crippen LogP contribution < -0.4 is 0 Å². The van der Waals surface area contributed by atoms with Gasteiger partial charge in [-0.05, 0) is 42.7 Å². The third kappa shape index (κ3) is 2.29. The number of carbonyl (C=O) groups is 1. The summed E-state index contributed by atoms with van der Waals surface area (Å²) in [4.78, 5) is 10.9. The van der Waals surface area contributed by atoms with Crippen molar-refractivity contribution in [2.75, 3.05) is 0 Å². The summed E-state index contributed by atoms with van der Waals surface area (Å²) in [5, 5.41) is 1.08. The van der Waals surface area contributed by atoms with Crippen LogP contribution in [0.4, 0.5) is 0 Å². The van der Waals surface area contributed by atoms with Crippen molar-refractivity contribution in [1.29, 1.82) is 0 Å². The van der Waals surface area contributed by atoms with Gasteiger partial charge in [0.05, 0.1) is 10.0 Å². The Bertz CT molecular complexity index is 618. The summed E-state index contributed by atoms with van der Waals surface area (Å²) in [7, 11) is 0. The lowest BCUT2D eigenvalue weighted by molar-refractivity contribution is 0.112. The number of benzene rings is 2. The molecule has 0 amide bonds. The van der Waals surface area contributed by atoms with E-state index in [0.717, 1.165) is 28.5 Å². The molecule has 0 heterocycles. The molecule has 0 aliphatic carbocycles. The van der Waals surface area contributed by atoms with Crippen molar-refractivity contribution in [2.45, 2.75) is 13.8 Å². The zero-order chi connectivity index (χ0) is 13.3. The monoisotopic (exact) mass is 278 g/mol. The molecule has 2 aromatic carbocycles. The molecule has 18 heavy (non-hydrogen) atoms. The predicted molar refractivity (Wildman–Crippen MR) is 76.8 cm³/mol. The molecule has 1 nitrogen and oxygen atoms in total. The first-order valence-corrected chi connectivity index (χ1v) is 6.31. The Morgan fingerprint density at radius 3 is 2.39 bits per heavy atom. The topological polar surface area (TPSA) is 17.1 Å². The SMILES string of the molecule is Cc1cc(-c2cccc(Cl)c2Cl)c(C)cc1C=O. The van der Waals surface area contributed by atoms with Crippen LogP contribution in [0.15, 0.2) is 30.3 Å². The standard InChI is InChI=1S/C15H12Cl2O/c1-9-7-13(10(2)6-11(9)8-18)12-4-3-5-14(16)15(12)17/h3-8H,1-2H3. The molecule has 2 aromatic rings. The summed E-state index contributed by atoms with van der Waals surface area (Å²) < 4.78 is 0. The fourth-order valence-corrected chi connectivity index (χ4v) is 2.37. The number of hydrogen-bond donors (Lipinski definition) is 0. The zero-order valence-corrected chi connectivity index (χ0v) is 11.6. The van der Waals surface area contributed by atoms with Crippen LogP contribution in [0, 0.1) is 13.8 Å². The van der Waals surface area contributed by atoms with Crippen molar-refractivity contribution < 1.29 is 4.79 Å². The van der Waals surface area contributed by atoms with Crippen LogP contribution >= 0.6 is 23.2 Å². The highest BCUT2D eigenvalue weighted by Crippen LogP contribution is 2.35. The minimum absolute atomic E-state index is 0.533. The van der Waals surface area contributed by atoms with Crippen molar-refractivity contribution in [3.63, 3.8) is 0 Å². The summed E-state index contributed by atoms with van der Waals surface area (Å²) in [5.41, 5.74) is 4.54. The Hall–Kier alpha value is -1.31. The quantitative estimate of drug-likeness (QED) is 0.700. The van der Waals surface area contributed by atoms with Crippen molar-refractivity contribution in [1.82, 2.24) is 0 Å². The fourth-order valence-electron chi connectivity index (χ4n) is 1.97. The van der Waals surface area contributed by atoms with Crippen LogP contribution in [0.25, 0.3) is 11.1 Å². The van der Waals surface area contributed by atoms with Gasteiger partial charge in [0.15, 0.2) is 0 Å². The van der Waals surface area contributed by atoms with E-state index in [1.54, 1.807) is 6.07 Å². The lowest BCUT2D eigenvalue weighted by atomic mass is 9.95. The van der Waals surface area contributed by atoms with Gasteiger partial charge in [-0.15, -0.1) is 0 Å². The van der Waals surface area contributed by atoms with E-state index in [9.17, 15) is 4.79 Å². The van der Waals surface area contributed by atoms with E-state index in [1.807, 2.05) is 38.1 Å². The third-order valence-electron chi connectivity index (χ3n) is 2.98. The smallest absolute Gasteiger partial charge is 0.150 e.